The number of nitrogens with one attached hydrogen (secondary N) is 3. The molecule has 3 aromatic carbocycles. The number of H-pyrrole nitrogens is 1. The van der Waals surface area contributed by atoms with Crippen LogP contribution in [-0.2, 0) is 41.6 Å². The van der Waals surface area contributed by atoms with Gasteiger partial charge in [-0.05, 0) is 66.8 Å². The Labute approximate surface area is 424 Å². The maximum atomic E-state index is 13.3. The van der Waals surface area contributed by atoms with E-state index in [4.69, 9.17) is 40.5 Å². The number of aromatic nitrogens is 4. The number of hydrogen-bond donors (Lipinski definition) is 6. The van der Waals surface area contributed by atoms with Gasteiger partial charge in [0.2, 0.25) is 23.6 Å². The third-order valence-corrected chi connectivity index (χ3v) is 13.5. The number of aliphatic hydroxyl groups is 1. The molecule has 1 aliphatic carbocycles. The fourth-order valence-electron chi connectivity index (χ4n) is 8.34. The van der Waals surface area contributed by atoms with E-state index in [1.165, 1.54) is 43.6 Å². The van der Waals surface area contributed by atoms with Gasteiger partial charge in [0.1, 0.15) is 36.0 Å². The van der Waals surface area contributed by atoms with E-state index in [0.717, 1.165) is 24.8 Å². The van der Waals surface area contributed by atoms with Crippen molar-refractivity contribution in [2.24, 2.45) is 5.73 Å². The smallest absolute Gasteiger partial charge is 0.336 e. The summed E-state index contributed by atoms with van der Waals surface area (Å²) in [6, 6.07) is 20.5. The van der Waals surface area contributed by atoms with Crippen LogP contribution in [0.25, 0.3) is 44.6 Å². The number of fused-ring (bicyclic) bond motifs is 3. The number of nitrogens with two attached hydrogens (primary N) is 1. The summed E-state index contributed by atoms with van der Waals surface area (Å²) < 4.78 is 29.7. The number of nitrogens with zero attached hydrogens (tertiary/aromatic N) is 4. The summed E-state index contributed by atoms with van der Waals surface area (Å²) in [7, 11) is 5.24. The highest BCUT2D eigenvalue weighted by atomic mass is 32.5. The summed E-state index contributed by atoms with van der Waals surface area (Å²) in [5.41, 5.74) is 10.1. The second-order valence-corrected chi connectivity index (χ2v) is 20.1. The minimum atomic E-state index is -3.93. The molecular weight excluding hydrogens is 984 g/mol. The van der Waals surface area contributed by atoms with E-state index >= 15 is 0 Å². The molecule has 8 rings (SSSR count). The van der Waals surface area contributed by atoms with Crippen LogP contribution in [0.3, 0.4) is 0 Å². The number of carboxylic acids is 1. The number of hydrogen-bond acceptors (Lipinski definition) is 17. The molecule has 23 heteroatoms. The van der Waals surface area contributed by atoms with Gasteiger partial charge in [-0.3, -0.25) is 19.4 Å². The topological polar surface area (TPSA) is 304 Å². The van der Waals surface area contributed by atoms with E-state index in [-0.39, 0.29) is 42.3 Å². The molecule has 6 unspecified atom stereocenters. The zero-order valence-corrected chi connectivity index (χ0v) is 42.1. The third kappa shape index (κ3) is 13.4. The Bertz CT molecular complexity index is 3140. The van der Waals surface area contributed by atoms with Gasteiger partial charge >= 0.3 is 11.6 Å². The van der Waals surface area contributed by atoms with Crippen LogP contribution in [0.4, 0.5) is 5.82 Å². The van der Waals surface area contributed by atoms with Crippen molar-refractivity contribution in [1.82, 2.24) is 25.6 Å². The Morgan fingerprint density at radius 2 is 1.75 bits per heavy atom. The fourth-order valence-corrected chi connectivity index (χ4v) is 9.51. The van der Waals surface area contributed by atoms with E-state index in [1.807, 2.05) is 31.1 Å². The van der Waals surface area contributed by atoms with Crippen molar-refractivity contribution in [3.63, 3.8) is 0 Å². The van der Waals surface area contributed by atoms with Crippen LogP contribution in [0.1, 0.15) is 54.8 Å². The molecule has 6 atom stereocenters. The Hall–Kier alpha value is -6.88. The number of rotatable bonds is 20. The molecule has 0 spiro atoms. The Balaban J connectivity index is 0.000000259. The van der Waals surface area contributed by atoms with Gasteiger partial charge in [-0.15, -0.1) is 5.75 Å². The monoisotopic (exact) mass is 1040 g/mol. The van der Waals surface area contributed by atoms with Crippen molar-refractivity contribution < 1.29 is 62.1 Å². The van der Waals surface area contributed by atoms with E-state index in [2.05, 4.69) is 25.6 Å². The first kappa shape index (κ1) is 53.9. The number of aliphatic hydroxyl groups excluding tert-OH is 1. The molecule has 1 saturated heterocycles. The molecule has 73 heavy (non-hydrogen) atoms. The normalized spacial score (nSPS) is 17.6. The lowest BCUT2D eigenvalue weighted by molar-refractivity contribution is -0.745. The van der Waals surface area contributed by atoms with Gasteiger partial charge in [0, 0.05) is 50.1 Å². The number of carbonyl (C=O) groups is 3. The molecule has 2 amide bonds. The fraction of sp³-hybridized carbons (Fsp3) is 0.340. The molecular formula is C50H56N8O13PS-. The number of methoxy groups -OCH3 is 1. The predicted molar refractivity (Wildman–Crippen MR) is 269 cm³/mol. The first-order valence-electron chi connectivity index (χ1n) is 23.2. The van der Waals surface area contributed by atoms with Crippen molar-refractivity contribution in [3.8, 4) is 33.9 Å². The van der Waals surface area contributed by atoms with Gasteiger partial charge in [0.05, 0.1) is 38.0 Å². The van der Waals surface area contributed by atoms with E-state index < -0.39 is 49.1 Å². The van der Waals surface area contributed by atoms with Gasteiger partial charge in [0.25, 0.3) is 0 Å². The molecule has 2 aromatic heterocycles. The summed E-state index contributed by atoms with van der Waals surface area (Å²) in [4.78, 5) is 74.2. The molecule has 2 aliphatic heterocycles. The molecule has 5 aromatic rings. The van der Waals surface area contributed by atoms with Crippen molar-refractivity contribution in [3.05, 3.63) is 119 Å². The molecule has 1 fully saturated rings. The van der Waals surface area contributed by atoms with Crippen LogP contribution in [0.2, 0.25) is 0 Å². The number of ether oxygens (including phenoxy) is 2. The maximum absolute atomic E-state index is 13.3. The van der Waals surface area contributed by atoms with E-state index in [9.17, 15) is 39.4 Å². The molecule has 3 aliphatic rings. The van der Waals surface area contributed by atoms with Crippen LogP contribution in [0.5, 0.6) is 11.5 Å². The van der Waals surface area contributed by atoms with Gasteiger partial charge < -0.3 is 64.4 Å². The Morgan fingerprint density at radius 3 is 2.48 bits per heavy atom. The number of benzene rings is 4. The molecule has 21 nitrogen and oxygen atoms in total. The second kappa shape index (κ2) is 24.2. The van der Waals surface area contributed by atoms with Crippen LogP contribution >= 0.6 is 6.72 Å². The largest absolute Gasteiger partial charge is 0.872 e. The van der Waals surface area contributed by atoms with E-state index in [0.29, 0.717) is 69.1 Å². The Morgan fingerprint density at radius 1 is 1.00 bits per heavy atom. The number of aromatic amines is 1. The number of anilines is 1. The quantitative estimate of drug-likeness (QED) is 0.0276. The van der Waals surface area contributed by atoms with Gasteiger partial charge in [-0.1, -0.05) is 72.1 Å². The highest BCUT2D eigenvalue weighted by Gasteiger charge is 2.49. The third-order valence-electron chi connectivity index (χ3n) is 11.9. The summed E-state index contributed by atoms with van der Waals surface area (Å²) in [6.45, 7) is -2.09. The van der Waals surface area contributed by atoms with Crippen LogP contribution in [-0.4, -0.2) is 108 Å². The number of imidazole rings is 1. The summed E-state index contributed by atoms with van der Waals surface area (Å²) >= 11 is 5.12. The SMILES string of the molecule is COc1ccc(CC(N)C(=O)NC2C(COP([O-])(=S)OCCCCCCNC(C)=O)OC([n+]3c[nH]c4c(N(C)C)ncnc43)C2O)cc1.O=C(O)c1ccccc1-c1c2ccc(=O)cc-2oc2cc([O-])ccc12. The average molecular weight is 1040 g/mol. The molecule has 0 saturated carbocycles. The minimum absolute atomic E-state index is 0.0710. The summed E-state index contributed by atoms with van der Waals surface area (Å²) in [5.74, 6) is -0.278. The average Bonchev–Trinajstić information content (AvgIpc) is 3.93. The first-order valence-corrected chi connectivity index (χ1v) is 25.8. The number of carboxylic acid groups (broad SMARTS) is 1. The predicted octanol–water partition coefficient (Wildman–Crippen LogP) is 3.28. The first-order chi connectivity index (χ1) is 34.9. The maximum Gasteiger partial charge on any atom is 0.336 e. The Kier molecular flexibility index (Phi) is 17.9. The lowest BCUT2D eigenvalue weighted by Gasteiger charge is -2.30. The molecule has 386 valence electrons. The number of aromatic carboxylic acids is 1. The van der Waals surface area contributed by atoms with Crippen molar-refractivity contribution in [2.45, 2.75) is 69.5 Å². The summed E-state index contributed by atoms with van der Waals surface area (Å²) in [6.07, 6.45) is 2.99. The lowest BCUT2D eigenvalue weighted by atomic mass is 9.91. The van der Waals surface area contributed by atoms with Crippen molar-refractivity contribution in [2.75, 3.05) is 45.9 Å². The molecule has 4 heterocycles. The molecule has 0 bridgehead atoms. The minimum Gasteiger partial charge on any atom is -0.872 e. The van der Waals surface area contributed by atoms with Crippen LogP contribution in [0, 0.1) is 0 Å². The van der Waals surface area contributed by atoms with Crippen LogP contribution < -0.4 is 46.0 Å². The van der Waals surface area contributed by atoms with Gasteiger partial charge in [0.15, 0.2) is 23.9 Å². The standard InChI is InChI=1S/C30H45N8O8PS.C20H12O5/c1-19(39)32-13-7-5-6-8-14-44-47(42,48)45-16-23-24(36-29(41)22(31)15-20-9-11-21(43-4)12-10-20)26(40)30(46-23)38-18-35-25-27(37(2)3)33-17-34-28(25)38;21-11-5-7-15-17(9-11)25-18-10-12(22)6-8-16(18)19(15)13-3-1-2-4-14(13)20(23)24/h9-12,17-18,22-24,26,30,40H,5-8,13-16,31H2,1-4H3,(H3,32,36,39,41,42,48);1-10,21H,(H,23,24)/p-1. The lowest BCUT2D eigenvalue weighted by Crippen LogP contribution is -2.55. The van der Waals surface area contributed by atoms with Crippen LogP contribution in [0.15, 0.2) is 107 Å². The van der Waals surface area contributed by atoms with Crippen molar-refractivity contribution >= 4 is 64.3 Å². The van der Waals surface area contributed by atoms with E-state index in [1.54, 1.807) is 60.5 Å². The summed E-state index contributed by atoms with van der Waals surface area (Å²) in [5, 5.41) is 38.9. The van der Waals surface area contributed by atoms with Gasteiger partial charge in [-0.25, -0.2) is 9.36 Å². The number of amides is 2. The highest BCUT2D eigenvalue weighted by Crippen LogP contribution is 2.42. The highest BCUT2D eigenvalue weighted by molar-refractivity contribution is 8.06. The zero-order chi connectivity index (χ0) is 52.4. The number of carbonyl (C=O) groups excluding carboxylic acids is 2. The number of unbranched alkanes of at least 4 members (excludes halogenated alkanes) is 3. The molecule has 0 radical (unpaired) electrons. The zero-order valence-electron chi connectivity index (χ0n) is 40.4. The molecule has 7 N–H and O–H groups in total. The van der Waals surface area contributed by atoms with Gasteiger partial charge in [-0.2, -0.15) is 4.98 Å². The second-order valence-electron chi connectivity index (χ2n) is 17.3. The van der Waals surface area contributed by atoms with Crippen molar-refractivity contribution in [1.29, 1.82) is 0 Å².